The fourth-order valence-electron chi connectivity index (χ4n) is 10.3. The van der Waals surface area contributed by atoms with Gasteiger partial charge in [0.15, 0.2) is 0 Å². The summed E-state index contributed by atoms with van der Waals surface area (Å²) >= 11 is 0. The molecule has 0 bridgehead atoms. The van der Waals surface area contributed by atoms with E-state index in [1.54, 1.807) is 0 Å². The van der Waals surface area contributed by atoms with Crippen LogP contribution in [0.1, 0.15) is 0 Å². The SMILES string of the molecule is c1ccc(-c2c3c(c(-c4ccccc4)c4c2ccc2c5cc6c(cc5ccc24)-c2cccc4cccc-6c24)-c2cc4ccccc4c4cccc-3c24)cc1. The van der Waals surface area contributed by atoms with Crippen molar-refractivity contribution in [3.05, 3.63) is 182 Å². The van der Waals surface area contributed by atoms with Crippen molar-refractivity contribution in [3.63, 3.8) is 0 Å². The normalized spacial score (nSPS) is 12.4. The summed E-state index contributed by atoms with van der Waals surface area (Å²) in [4.78, 5) is 0. The fraction of sp³-hybridized carbons (Fsp3) is 0. The van der Waals surface area contributed by atoms with E-state index in [2.05, 4.69) is 182 Å². The highest BCUT2D eigenvalue weighted by atomic mass is 14.3. The summed E-state index contributed by atoms with van der Waals surface area (Å²) in [5.41, 5.74) is 15.8. The van der Waals surface area contributed by atoms with Crippen LogP contribution in [0.5, 0.6) is 0 Å². The van der Waals surface area contributed by atoms with Crippen molar-refractivity contribution in [2.24, 2.45) is 0 Å². The van der Waals surface area contributed by atoms with Gasteiger partial charge in [-0.2, -0.15) is 0 Å². The molecule has 11 aromatic carbocycles. The number of benzene rings is 11. The van der Waals surface area contributed by atoms with Gasteiger partial charge in [0.25, 0.3) is 0 Å². The lowest BCUT2D eigenvalue weighted by Gasteiger charge is -2.22. The Morgan fingerprint density at radius 3 is 1.54 bits per heavy atom. The molecule has 13 rings (SSSR count). The molecule has 0 aromatic heterocycles. The quantitative estimate of drug-likeness (QED) is 0.160. The Labute approximate surface area is 312 Å². The minimum Gasteiger partial charge on any atom is -0.0622 e. The van der Waals surface area contributed by atoms with Crippen molar-refractivity contribution in [1.82, 2.24) is 0 Å². The standard InChI is InChI=1S/C54H30/c1-3-12-32(13-4-1)49-43-27-26-37-41(25-24-35-28-45-39-20-9-17-31-18-10-21-40(48(31)39)46(45)30-44(35)37)52(43)50(33-14-5-2-6-15-33)54-47-29-34-16-7-8-19-36(34)38-22-11-23-42(51(38)47)53(49)54/h1-30H. The second-order valence-corrected chi connectivity index (χ2v) is 15.1. The molecule has 0 unspecified atom stereocenters. The van der Waals surface area contributed by atoms with Crippen molar-refractivity contribution >= 4 is 64.6 Å². The summed E-state index contributed by atoms with van der Waals surface area (Å²) in [6.45, 7) is 0. The summed E-state index contributed by atoms with van der Waals surface area (Å²) < 4.78 is 0. The second-order valence-electron chi connectivity index (χ2n) is 15.1. The van der Waals surface area contributed by atoms with E-state index in [1.807, 2.05) is 0 Å². The van der Waals surface area contributed by atoms with Gasteiger partial charge in [0.2, 0.25) is 0 Å². The zero-order valence-corrected chi connectivity index (χ0v) is 29.3. The van der Waals surface area contributed by atoms with Crippen LogP contribution in [-0.4, -0.2) is 0 Å². The average Bonchev–Trinajstić information content (AvgIpc) is 3.73. The van der Waals surface area contributed by atoms with Gasteiger partial charge in [0.05, 0.1) is 0 Å². The van der Waals surface area contributed by atoms with Gasteiger partial charge in [0.1, 0.15) is 0 Å². The highest BCUT2D eigenvalue weighted by Gasteiger charge is 2.32. The van der Waals surface area contributed by atoms with Crippen LogP contribution in [-0.2, 0) is 0 Å². The van der Waals surface area contributed by atoms with Crippen LogP contribution >= 0.6 is 0 Å². The van der Waals surface area contributed by atoms with Crippen molar-refractivity contribution in [1.29, 1.82) is 0 Å². The third kappa shape index (κ3) is 3.58. The van der Waals surface area contributed by atoms with E-state index in [1.165, 1.54) is 131 Å². The molecule has 2 aliphatic carbocycles. The molecular weight excluding hydrogens is 649 g/mol. The van der Waals surface area contributed by atoms with Gasteiger partial charge in [-0.25, -0.2) is 0 Å². The monoisotopic (exact) mass is 678 g/mol. The van der Waals surface area contributed by atoms with Gasteiger partial charge in [0, 0.05) is 0 Å². The molecule has 2 aliphatic rings. The van der Waals surface area contributed by atoms with E-state index in [0.29, 0.717) is 0 Å². The first kappa shape index (κ1) is 28.6. The first-order valence-electron chi connectivity index (χ1n) is 18.9. The van der Waals surface area contributed by atoms with Gasteiger partial charge < -0.3 is 0 Å². The Morgan fingerprint density at radius 1 is 0.204 bits per heavy atom. The molecule has 0 nitrogen and oxygen atoms in total. The molecule has 54 heavy (non-hydrogen) atoms. The lowest BCUT2D eigenvalue weighted by atomic mass is 9.80. The van der Waals surface area contributed by atoms with Crippen molar-refractivity contribution in [2.45, 2.75) is 0 Å². The van der Waals surface area contributed by atoms with E-state index >= 15 is 0 Å². The molecule has 0 radical (unpaired) electrons. The first-order chi connectivity index (χ1) is 26.8. The first-order valence-corrected chi connectivity index (χ1v) is 18.9. The minimum absolute atomic E-state index is 1.25. The third-order valence-corrected chi connectivity index (χ3v) is 12.5. The van der Waals surface area contributed by atoms with Gasteiger partial charge in [-0.1, -0.05) is 164 Å². The molecule has 0 spiro atoms. The molecule has 246 valence electrons. The molecule has 0 N–H and O–H groups in total. The maximum atomic E-state index is 2.48. The zero-order chi connectivity index (χ0) is 35.1. The molecule has 0 amide bonds. The van der Waals surface area contributed by atoms with Crippen LogP contribution < -0.4 is 0 Å². The number of hydrogen-bond donors (Lipinski definition) is 0. The molecule has 0 aliphatic heterocycles. The molecule has 11 aromatic rings. The average molecular weight is 679 g/mol. The van der Waals surface area contributed by atoms with Crippen LogP contribution in [0.3, 0.4) is 0 Å². The molecule has 0 heteroatoms. The van der Waals surface area contributed by atoms with Crippen LogP contribution in [0, 0.1) is 0 Å². The van der Waals surface area contributed by atoms with E-state index in [-0.39, 0.29) is 0 Å². The predicted octanol–water partition coefficient (Wildman–Crippen LogP) is 15.2. The summed E-state index contributed by atoms with van der Waals surface area (Å²) in [5, 5.41) is 15.7. The highest BCUT2D eigenvalue weighted by molar-refractivity contribution is 6.34. The Bertz CT molecular complexity index is 3460. The summed E-state index contributed by atoms with van der Waals surface area (Å²) in [6.07, 6.45) is 0. The van der Waals surface area contributed by atoms with Gasteiger partial charge in [-0.3, -0.25) is 0 Å². The van der Waals surface area contributed by atoms with Crippen LogP contribution in [0.2, 0.25) is 0 Å². The molecule has 0 atom stereocenters. The zero-order valence-electron chi connectivity index (χ0n) is 29.3. The molecular formula is C54H30. The van der Waals surface area contributed by atoms with Gasteiger partial charge >= 0.3 is 0 Å². The summed E-state index contributed by atoms with van der Waals surface area (Å²) in [5.74, 6) is 0. The van der Waals surface area contributed by atoms with E-state index < -0.39 is 0 Å². The largest absolute Gasteiger partial charge is 0.0622 e. The summed E-state index contributed by atoms with van der Waals surface area (Å²) in [7, 11) is 0. The number of rotatable bonds is 2. The van der Waals surface area contributed by atoms with Crippen LogP contribution in [0.4, 0.5) is 0 Å². The smallest absolute Gasteiger partial charge is 0.000697 e. The van der Waals surface area contributed by atoms with Crippen LogP contribution in [0.15, 0.2) is 182 Å². The minimum atomic E-state index is 1.25. The molecule has 0 saturated heterocycles. The predicted molar refractivity (Wildman–Crippen MR) is 231 cm³/mol. The Hall–Kier alpha value is -7.02. The lowest BCUT2D eigenvalue weighted by molar-refractivity contribution is 1.63. The fourth-order valence-corrected chi connectivity index (χ4v) is 10.3. The third-order valence-electron chi connectivity index (χ3n) is 12.5. The van der Waals surface area contributed by atoms with E-state index in [9.17, 15) is 0 Å². The second kappa shape index (κ2) is 10.3. The summed E-state index contributed by atoms with van der Waals surface area (Å²) in [6, 6.07) is 68.5. The number of fused-ring (bicyclic) bond motifs is 13. The maximum absolute atomic E-state index is 2.48. The van der Waals surface area contributed by atoms with E-state index in [4.69, 9.17) is 0 Å². The highest BCUT2D eigenvalue weighted by Crippen LogP contribution is 2.60. The van der Waals surface area contributed by atoms with Gasteiger partial charge in [-0.15, -0.1) is 0 Å². The molecule has 0 saturated carbocycles. The maximum Gasteiger partial charge on any atom is -0.000697 e. The topological polar surface area (TPSA) is 0 Å². The van der Waals surface area contributed by atoms with Crippen molar-refractivity contribution < 1.29 is 0 Å². The van der Waals surface area contributed by atoms with Gasteiger partial charge in [-0.05, 0) is 150 Å². The molecule has 0 heterocycles. The Kier molecular flexibility index (Phi) is 5.45. The Balaban J connectivity index is 1.24. The lowest BCUT2D eigenvalue weighted by Crippen LogP contribution is -1.95. The van der Waals surface area contributed by atoms with Crippen LogP contribution in [0.25, 0.3) is 131 Å². The molecule has 0 fully saturated rings. The van der Waals surface area contributed by atoms with Crippen molar-refractivity contribution in [3.8, 4) is 66.8 Å². The van der Waals surface area contributed by atoms with Crippen molar-refractivity contribution in [2.75, 3.05) is 0 Å². The van der Waals surface area contributed by atoms with E-state index in [0.717, 1.165) is 0 Å². The Morgan fingerprint density at radius 2 is 0.741 bits per heavy atom. The number of hydrogen-bond acceptors (Lipinski definition) is 0.